The Morgan fingerprint density at radius 2 is 1.53 bits per heavy atom. The van der Waals surface area contributed by atoms with E-state index in [9.17, 15) is 13.2 Å². The summed E-state index contributed by atoms with van der Waals surface area (Å²) < 4.78 is 42.8. The molecule has 0 aliphatic carbocycles. The average molecular weight is 493 g/mol. The molecule has 1 N–H and O–H groups in total. The van der Waals surface area contributed by atoms with Crippen molar-refractivity contribution in [3.8, 4) is 17.2 Å². The Balaban J connectivity index is 2.42. The topological polar surface area (TPSA) is 94.2 Å². The summed E-state index contributed by atoms with van der Waals surface area (Å²) in [7, 11) is 0.729. The number of rotatable bonds is 10. The fraction of sp³-hybridized carbons (Fsp3) is 0.480. The minimum atomic E-state index is -3.83. The molecule has 188 valence electrons. The van der Waals surface area contributed by atoms with E-state index in [0.29, 0.717) is 11.5 Å². The molecule has 0 saturated heterocycles. The fourth-order valence-corrected chi connectivity index (χ4v) is 5.14. The quantitative estimate of drug-likeness (QED) is 0.535. The van der Waals surface area contributed by atoms with Crippen LogP contribution in [0.3, 0.4) is 0 Å². The zero-order valence-electron chi connectivity index (χ0n) is 21.4. The Hall–Kier alpha value is -2.94. The Morgan fingerprint density at radius 3 is 2.03 bits per heavy atom. The minimum Gasteiger partial charge on any atom is -0.497 e. The molecule has 0 spiro atoms. The van der Waals surface area contributed by atoms with Crippen LogP contribution < -0.4 is 23.8 Å². The third kappa shape index (κ3) is 5.94. The Kier molecular flexibility index (Phi) is 8.83. The zero-order chi connectivity index (χ0) is 25.8. The Bertz CT molecular complexity index is 1130. The molecule has 2 aromatic rings. The van der Waals surface area contributed by atoms with Crippen molar-refractivity contribution in [3.63, 3.8) is 0 Å². The van der Waals surface area contributed by atoms with Crippen molar-refractivity contribution in [1.29, 1.82) is 0 Å². The van der Waals surface area contributed by atoms with Crippen LogP contribution in [0.5, 0.6) is 17.2 Å². The summed E-state index contributed by atoms with van der Waals surface area (Å²) in [5.74, 6) is 1.35. The predicted octanol–water partition coefficient (Wildman–Crippen LogP) is 4.18. The summed E-state index contributed by atoms with van der Waals surface area (Å²) in [5, 5.41) is 2.97. The second kappa shape index (κ2) is 11.0. The first-order valence-electron chi connectivity index (χ1n) is 11.1. The largest absolute Gasteiger partial charge is 0.497 e. The number of hydrogen-bond acceptors (Lipinski definition) is 6. The lowest BCUT2D eigenvalue weighted by Crippen LogP contribution is -2.48. The molecule has 0 bridgehead atoms. The van der Waals surface area contributed by atoms with Gasteiger partial charge >= 0.3 is 0 Å². The molecule has 8 nitrogen and oxygen atoms in total. The summed E-state index contributed by atoms with van der Waals surface area (Å²) >= 11 is 0. The molecule has 2 aromatic carbocycles. The highest BCUT2D eigenvalue weighted by Crippen LogP contribution is 2.36. The lowest BCUT2D eigenvalue weighted by atomic mass is 9.93. The standard InChI is InChI=1S/C25H36N2O6S/c1-15(2)20-14-21(16(3)12-24(20)33-8)17(4)26-25(28)18(5)27(34(9,29)30)22-13-19(31-6)10-11-23(22)32-7/h10-15,17-18H,1-9H3,(H,26,28)/t17-,18-/m0/s1. The third-order valence-corrected chi connectivity index (χ3v) is 7.01. The first-order chi connectivity index (χ1) is 15.8. The van der Waals surface area contributed by atoms with Gasteiger partial charge in [0.1, 0.15) is 23.3 Å². The summed E-state index contributed by atoms with van der Waals surface area (Å²) in [4.78, 5) is 13.3. The molecular weight excluding hydrogens is 456 g/mol. The van der Waals surface area contributed by atoms with Crippen LogP contribution in [-0.4, -0.2) is 48.0 Å². The molecule has 1 amide bonds. The highest BCUT2D eigenvalue weighted by atomic mass is 32.2. The van der Waals surface area contributed by atoms with E-state index in [1.165, 1.54) is 20.3 Å². The van der Waals surface area contributed by atoms with Gasteiger partial charge in [-0.1, -0.05) is 13.8 Å². The van der Waals surface area contributed by atoms with Crippen LogP contribution in [0.2, 0.25) is 0 Å². The van der Waals surface area contributed by atoms with Crippen molar-refractivity contribution in [2.75, 3.05) is 31.9 Å². The monoisotopic (exact) mass is 492 g/mol. The molecule has 0 fully saturated rings. The van der Waals surface area contributed by atoms with Gasteiger partial charge in [-0.2, -0.15) is 0 Å². The van der Waals surface area contributed by atoms with E-state index >= 15 is 0 Å². The highest BCUT2D eigenvalue weighted by molar-refractivity contribution is 7.92. The van der Waals surface area contributed by atoms with Gasteiger partial charge in [0.15, 0.2) is 0 Å². The van der Waals surface area contributed by atoms with Crippen LogP contribution in [0.1, 0.15) is 56.3 Å². The van der Waals surface area contributed by atoms with Gasteiger partial charge in [0.05, 0.1) is 39.3 Å². The smallest absolute Gasteiger partial charge is 0.244 e. The first-order valence-corrected chi connectivity index (χ1v) is 12.9. The average Bonchev–Trinajstić information content (AvgIpc) is 2.77. The van der Waals surface area contributed by atoms with Crippen LogP contribution in [0.4, 0.5) is 5.69 Å². The maximum Gasteiger partial charge on any atom is 0.244 e. The fourth-order valence-electron chi connectivity index (χ4n) is 3.97. The number of benzene rings is 2. The number of hydrogen-bond donors (Lipinski definition) is 1. The van der Waals surface area contributed by atoms with E-state index in [1.807, 2.05) is 26.0 Å². The van der Waals surface area contributed by atoms with E-state index in [2.05, 4.69) is 19.2 Å². The van der Waals surface area contributed by atoms with Crippen molar-refractivity contribution in [3.05, 3.63) is 47.0 Å². The number of ether oxygens (including phenoxy) is 3. The summed E-state index contributed by atoms with van der Waals surface area (Å²) in [5.41, 5.74) is 3.17. The van der Waals surface area contributed by atoms with Gasteiger partial charge in [0.2, 0.25) is 15.9 Å². The van der Waals surface area contributed by atoms with E-state index in [-0.39, 0.29) is 17.6 Å². The lowest BCUT2D eigenvalue weighted by molar-refractivity contribution is -0.122. The van der Waals surface area contributed by atoms with E-state index in [0.717, 1.165) is 33.0 Å². The van der Waals surface area contributed by atoms with Crippen LogP contribution in [0, 0.1) is 6.92 Å². The molecule has 0 heterocycles. The lowest BCUT2D eigenvalue weighted by Gasteiger charge is -2.31. The molecule has 2 atom stereocenters. The second-order valence-electron chi connectivity index (χ2n) is 8.61. The van der Waals surface area contributed by atoms with E-state index in [4.69, 9.17) is 14.2 Å². The molecular formula is C25H36N2O6S. The number of amides is 1. The molecule has 34 heavy (non-hydrogen) atoms. The van der Waals surface area contributed by atoms with E-state index < -0.39 is 22.0 Å². The summed E-state index contributed by atoms with van der Waals surface area (Å²) in [6.07, 6.45) is 1.06. The van der Waals surface area contributed by atoms with Crippen LogP contribution in [-0.2, 0) is 14.8 Å². The van der Waals surface area contributed by atoms with Crippen LogP contribution in [0.15, 0.2) is 30.3 Å². The number of anilines is 1. The maximum absolute atomic E-state index is 13.3. The number of methoxy groups -OCH3 is 3. The predicted molar refractivity (Wildman–Crippen MR) is 135 cm³/mol. The Morgan fingerprint density at radius 1 is 0.912 bits per heavy atom. The van der Waals surface area contributed by atoms with Gasteiger partial charge in [-0.15, -0.1) is 0 Å². The van der Waals surface area contributed by atoms with Crippen molar-refractivity contribution < 1.29 is 27.4 Å². The van der Waals surface area contributed by atoms with Crippen molar-refractivity contribution >= 4 is 21.6 Å². The number of nitrogens with one attached hydrogen (secondary N) is 1. The normalized spacial score (nSPS) is 13.2. The molecule has 0 aliphatic rings. The maximum atomic E-state index is 13.3. The number of aryl methyl sites for hydroxylation is 1. The van der Waals surface area contributed by atoms with Gasteiger partial charge in [0.25, 0.3) is 0 Å². The molecule has 0 radical (unpaired) electrons. The molecule has 0 unspecified atom stereocenters. The van der Waals surface area contributed by atoms with Crippen molar-refractivity contribution in [2.24, 2.45) is 0 Å². The van der Waals surface area contributed by atoms with Gasteiger partial charge in [-0.3, -0.25) is 9.10 Å². The second-order valence-corrected chi connectivity index (χ2v) is 10.5. The number of carbonyl (C=O) groups excluding carboxylic acids is 1. The number of nitrogens with zero attached hydrogens (tertiary/aromatic N) is 1. The first kappa shape index (κ1) is 27.3. The molecule has 2 rings (SSSR count). The van der Waals surface area contributed by atoms with Crippen LogP contribution >= 0.6 is 0 Å². The van der Waals surface area contributed by atoms with Crippen LogP contribution in [0.25, 0.3) is 0 Å². The van der Waals surface area contributed by atoms with Crippen molar-refractivity contribution in [1.82, 2.24) is 5.32 Å². The highest BCUT2D eigenvalue weighted by Gasteiger charge is 2.32. The van der Waals surface area contributed by atoms with E-state index in [1.54, 1.807) is 26.2 Å². The molecule has 0 saturated carbocycles. The summed E-state index contributed by atoms with van der Waals surface area (Å²) in [6, 6.07) is 7.40. The molecule has 9 heteroatoms. The van der Waals surface area contributed by atoms with Gasteiger partial charge in [-0.05, 0) is 67.6 Å². The minimum absolute atomic E-state index is 0.224. The number of sulfonamides is 1. The SMILES string of the molecule is COc1ccc(OC)c(N([C@@H](C)C(=O)N[C@@H](C)c2cc(C(C)C)c(OC)cc2C)S(C)(=O)=O)c1. The molecule has 0 aromatic heterocycles. The van der Waals surface area contributed by atoms with Gasteiger partial charge < -0.3 is 19.5 Å². The van der Waals surface area contributed by atoms with Gasteiger partial charge in [-0.25, -0.2) is 8.42 Å². The number of carbonyl (C=O) groups is 1. The summed E-state index contributed by atoms with van der Waals surface area (Å²) in [6.45, 7) is 9.53. The Labute approximate surface area is 203 Å². The third-order valence-electron chi connectivity index (χ3n) is 5.78. The van der Waals surface area contributed by atoms with Gasteiger partial charge in [0, 0.05) is 6.07 Å². The molecule has 0 aliphatic heterocycles. The van der Waals surface area contributed by atoms with Crippen molar-refractivity contribution in [2.45, 2.75) is 52.6 Å². The zero-order valence-corrected chi connectivity index (χ0v) is 22.2.